The smallest absolute Gasteiger partial charge is 0.119 e. The second kappa shape index (κ2) is 9.28. The summed E-state index contributed by atoms with van der Waals surface area (Å²) in [6.07, 6.45) is -0.719. The largest absolute Gasteiger partial charge is 0.491 e. The van der Waals surface area contributed by atoms with E-state index in [0.717, 1.165) is 0 Å². The van der Waals surface area contributed by atoms with Crippen LogP contribution in [0.1, 0.15) is 5.56 Å². The SMILES string of the molecule is N#Cc1ccc(OCC(O)CN(CCO)CCO)cc1. The molecular formula is C14H20N2O4. The van der Waals surface area contributed by atoms with E-state index in [1.165, 1.54) is 0 Å². The molecule has 110 valence electrons. The van der Waals surface area contributed by atoms with Gasteiger partial charge >= 0.3 is 0 Å². The van der Waals surface area contributed by atoms with Gasteiger partial charge in [-0.2, -0.15) is 5.26 Å². The highest BCUT2D eigenvalue weighted by Crippen LogP contribution is 2.11. The Bertz CT molecular complexity index is 410. The maximum Gasteiger partial charge on any atom is 0.119 e. The van der Waals surface area contributed by atoms with Crippen LogP contribution in [0, 0.1) is 11.3 Å². The predicted octanol–water partition coefficient (Wildman–Crippen LogP) is -0.415. The van der Waals surface area contributed by atoms with Gasteiger partial charge in [0.15, 0.2) is 0 Å². The summed E-state index contributed by atoms with van der Waals surface area (Å²) in [7, 11) is 0. The van der Waals surface area contributed by atoms with E-state index < -0.39 is 6.10 Å². The van der Waals surface area contributed by atoms with Crippen LogP contribution in [-0.4, -0.2) is 65.8 Å². The van der Waals surface area contributed by atoms with E-state index in [0.29, 0.717) is 30.9 Å². The van der Waals surface area contributed by atoms with E-state index in [9.17, 15) is 5.11 Å². The second-order valence-corrected chi connectivity index (χ2v) is 4.35. The van der Waals surface area contributed by atoms with E-state index in [-0.39, 0.29) is 19.8 Å². The molecule has 3 N–H and O–H groups in total. The summed E-state index contributed by atoms with van der Waals surface area (Å²) in [6.45, 7) is 1.17. The van der Waals surface area contributed by atoms with E-state index >= 15 is 0 Å². The lowest BCUT2D eigenvalue weighted by molar-refractivity contribution is 0.0552. The molecule has 0 saturated carbocycles. The van der Waals surface area contributed by atoms with Crippen molar-refractivity contribution >= 4 is 0 Å². The minimum atomic E-state index is -0.719. The van der Waals surface area contributed by atoms with Crippen LogP contribution in [0.15, 0.2) is 24.3 Å². The first kappa shape index (κ1) is 16.4. The molecule has 0 aliphatic rings. The summed E-state index contributed by atoms with van der Waals surface area (Å²) >= 11 is 0. The van der Waals surface area contributed by atoms with Crippen molar-refractivity contribution in [1.82, 2.24) is 4.90 Å². The zero-order valence-corrected chi connectivity index (χ0v) is 11.3. The molecule has 6 heteroatoms. The zero-order chi connectivity index (χ0) is 14.8. The van der Waals surface area contributed by atoms with Crippen molar-refractivity contribution in [2.24, 2.45) is 0 Å². The molecule has 0 amide bonds. The number of hydrogen-bond acceptors (Lipinski definition) is 6. The topological polar surface area (TPSA) is 97.0 Å². The van der Waals surface area contributed by atoms with Crippen LogP contribution in [-0.2, 0) is 0 Å². The molecule has 1 unspecified atom stereocenters. The quantitative estimate of drug-likeness (QED) is 0.569. The molecule has 1 aromatic rings. The maximum atomic E-state index is 9.85. The lowest BCUT2D eigenvalue weighted by atomic mass is 10.2. The van der Waals surface area contributed by atoms with Crippen LogP contribution in [0.4, 0.5) is 0 Å². The van der Waals surface area contributed by atoms with Crippen molar-refractivity contribution in [1.29, 1.82) is 5.26 Å². The van der Waals surface area contributed by atoms with Crippen LogP contribution in [0.2, 0.25) is 0 Å². The van der Waals surface area contributed by atoms with Crippen LogP contribution >= 0.6 is 0 Å². The van der Waals surface area contributed by atoms with Crippen molar-refractivity contribution in [3.05, 3.63) is 29.8 Å². The third kappa shape index (κ3) is 5.99. The van der Waals surface area contributed by atoms with Gasteiger partial charge in [-0.25, -0.2) is 0 Å². The molecule has 1 rings (SSSR count). The third-order valence-corrected chi connectivity index (χ3v) is 2.73. The fraction of sp³-hybridized carbons (Fsp3) is 0.500. The molecule has 1 aromatic carbocycles. The monoisotopic (exact) mass is 280 g/mol. The first-order valence-electron chi connectivity index (χ1n) is 6.44. The molecule has 0 radical (unpaired) electrons. The molecule has 20 heavy (non-hydrogen) atoms. The van der Waals surface area contributed by atoms with Crippen LogP contribution in [0.5, 0.6) is 5.75 Å². The standard InChI is InChI=1S/C14H20N2O4/c15-9-12-1-3-14(4-2-12)20-11-13(19)10-16(5-7-17)6-8-18/h1-4,13,17-19H,5-8,10-11H2. The van der Waals surface area contributed by atoms with Gasteiger partial charge in [-0.3, -0.25) is 4.90 Å². The van der Waals surface area contributed by atoms with Crippen molar-refractivity contribution in [3.8, 4) is 11.8 Å². The Morgan fingerprint density at radius 3 is 2.25 bits per heavy atom. The molecule has 0 aliphatic heterocycles. The number of benzene rings is 1. The third-order valence-electron chi connectivity index (χ3n) is 2.73. The molecule has 0 heterocycles. The highest BCUT2D eigenvalue weighted by molar-refractivity contribution is 5.34. The number of nitriles is 1. The summed E-state index contributed by atoms with van der Waals surface area (Å²) in [5, 5.41) is 36.3. The van der Waals surface area contributed by atoms with Gasteiger partial charge in [-0.05, 0) is 24.3 Å². The van der Waals surface area contributed by atoms with E-state index in [4.69, 9.17) is 20.2 Å². The lowest BCUT2D eigenvalue weighted by Gasteiger charge is -2.23. The zero-order valence-electron chi connectivity index (χ0n) is 11.3. The van der Waals surface area contributed by atoms with Crippen molar-refractivity contribution in [2.45, 2.75) is 6.10 Å². The minimum Gasteiger partial charge on any atom is -0.491 e. The van der Waals surface area contributed by atoms with Gasteiger partial charge in [-0.1, -0.05) is 0 Å². The van der Waals surface area contributed by atoms with Crippen LogP contribution < -0.4 is 4.74 Å². The van der Waals surface area contributed by atoms with Gasteiger partial charge in [0.05, 0.1) is 24.8 Å². The maximum absolute atomic E-state index is 9.85. The number of aliphatic hydroxyl groups excluding tert-OH is 3. The van der Waals surface area contributed by atoms with E-state index in [1.54, 1.807) is 29.2 Å². The van der Waals surface area contributed by atoms with Gasteiger partial charge in [0.25, 0.3) is 0 Å². The van der Waals surface area contributed by atoms with Gasteiger partial charge in [0.2, 0.25) is 0 Å². The molecule has 1 atom stereocenters. The average Bonchev–Trinajstić information content (AvgIpc) is 2.46. The number of nitrogens with zero attached hydrogens (tertiary/aromatic N) is 2. The fourth-order valence-electron chi connectivity index (χ4n) is 1.75. The number of rotatable bonds is 9. The predicted molar refractivity (Wildman–Crippen MR) is 73.3 cm³/mol. The number of aliphatic hydroxyl groups is 3. The van der Waals surface area contributed by atoms with Gasteiger partial charge in [0, 0.05) is 19.6 Å². The summed E-state index contributed by atoms with van der Waals surface area (Å²) in [4.78, 5) is 1.76. The summed E-state index contributed by atoms with van der Waals surface area (Å²) < 4.78 is 5.41. The molecule has 6 nitrogen and oxygen atoms in total. The molecule has 0 bridgehead atoms. The molecule has 0 fully saturated rings. The first-order valence-corrected chi connectivity index (χ1v) is 6.44. The molecule has 0 aromatic heterocycles. The average molecular weight is 280 g/mol. The fourth-order valence-corrected chi connectivity index (χ4v) is 1.75. The van der Waals surface area contributed by atoms with Crippen LogP contribution in [0.25, 0.3) is 0 Å². The molecule has 0 saturated heterocycles. The Morgan fingerprint density at radius 2 is 1.75 bits per heavy atom. The summed E-state index contributed by atoms with van der Waals surface area (Å²) in [5.41, 5.74) is 0.551. The number of ether oxygens (including phenoxy) is 1. The van der Waals surface area contributed by atoms with Crippen molar-refractivity contribution in [2.75, 3.05) is 39.5 Å². The first-order chi connectivity index (χ1) is 9.69. The minimum absolute atomic E-state index is 0.0246. The number of hydrogen-bond donors (Lipinski definition) is 3. The highest BCUT2D eigenvalue weighted by Gasteiger charge is 2.11. The van der Waals surface area contributed by atoms with Gasteiger partial charge in [0.1, 0.15) is 18.5 Å². The van der Waals surface area contributed by atoms with Gasteiger partial charge < -0.3 is 20.1 Å². The molecular weight excluding hydrogens is 260 g/mol. The summed E-state index contributed by atoms with van der Waals surface area (Å²) in [6, 6.07) is 8.65. The van der Waals surface area contributed by atoms with Gasteiger partial charge in [-0.15, -0.1) is 0 Å². The highest BCUT2D eigenvalue weighted by atomic mass is 16.5. The molecule has 0 aliphatic carbocycles. The van der Waals surface area contributed by atoms with Crippen molar-refractivity contribution in [3.63, 3.8) is 0 Å². The normalized spacial score (nSPS) is 12.2. The Labute approximate surface area is 118 Å². The Morgan fingerprint density at radius 1 is 1.15 bits per heavy atom. The molecule has 0 spiro atoms. The van der Waals surface area contributed by atoms with E-state index in [1.807, 2.05) is 6.07 Å². The lowest BCUT2D eigenvalue weighted by Crippen LogP contribution is -2.38. The van der Waals surface area contributed by atoms with Crippen LogP contribution in [0.3, 0.4) is 0 Å². The summed E-state index contributed by atoms with van der Waals surface area (Å²) in [5.74, 6) is 0.582. The second-order valence-electron chi connectivity index (χ2n) is 4.35. The Balaban J connectivity index is 2.37. The Hall–Kier alpha value is -1.65. The van der Waals surface area contributed by atoms with Crippen molar-refractivity contribution < 1.29 is 20.1 Å². The Kier molecular flexibility index (Phi) is 7.62. The van der Waals surface area contributed by atoms with E-state index in [2.05, 4.69) is 0 Å².